The lowest BCUT2D eigenvalue weighted by Gasteiger charge is -2.21. The molecule has 0 aromatic rings. The van der Waals surface area contributed by atoms with Crippen molar-refractivity contribution in [1.82, 2.24) is 0 Å². The summed E-state index contributed by atoms with van der Waals surface area (Å²) in [6, 6.07) is 0. The van der Waals surface area contributed by atoms with Crippen LogP contribution in [-0.2, 0) is 19.1 Å². The molecule has 0 N–H and O–H groups in total. The van der Waals surface area contributed by atoms with Crippen molar-refractivity contribution in [3.8, 4) is 0 Å². The molecule has 1 aliphatic rings. The van der Waals surface area contributed by atoms with Gasteiger partial charge < -0.3 is 9.47 Å². The topological polar surface area (TPSA) is 52.6 Å². The predicted octanol–water partition coefficient (Wildman–Crippen LogP) is 4.18. The zero-order chi connectivity index (χ0) is 16.2. The lowest BCUT2D eigenvalue weighted by Crippen LogP contribution is -2.27. The van der Waals surface area contributed by atoms with Gasteiger partial charge in [0.1, 0.15) is 0 Å². The van der Waals surface area contributed by atoms with Crippen molar-refractivity contribution in [2.24, 2.45) is 5.92 Å². The molecular formula is C18H30O4. The van der Waals surface area contributed by atoms with Crippen LogP contribution in [0.3, 0.4) is 0 Å². The van der Waals surface area contributed by atoms with E-state index >= 15 is 0 Å². The number of unbranched alkanes of at least 4 members (excludes halogenated alkanes) is 4. The molecule has 0 heterocycles. The van der Waals surface area contributed by atoms with Crippen LogP contribution in [0, 0.1) is 5.92 Å². The Bertz CT molecular complexity index is 373. The van der Waals surface area contributed by atoms with Gasteiger partial charge in [0, 0.05) is 5.57 Å². The van der Waals surface area contributed by atoms with Crippen molar-refractivity contribution in [1.29, 1.82) is 0 Å². The Morgan fingerprint density at radius 2 is 1.68 bits per heavy atom. The highest BCUT2D eigenvalue weighted by Crippen LogP contribution is 2.27. The quantitative estimate of drug-likeness (QED) is 0.449. The highest BCUT2D eigenvalue weighted by molar-refractivity contribution is 5.95. The van der Waals surface area contributed by atoms with E-state index in [1.54, 1.807) is 0 Å². The predicted molar refractivity (Wildman–Crippen MR) is 86.4 cm³/mol. The molecule has 0 radical (unpaired) electrons. The molecular weight excluding hydrogens is 280 g/mol. The molecule has 1 unspecified atom stereocenters. The third kappa shape index (κ3) is 6.63. The van der Waals surface area contributed by atoms with E-state index in [1.807, 2.05) is 6.08 Å². The van der Waals surface area contributed by atoms with E-state index in [4.69, 9.17) is 9.47 Å². The third-order valence-corrected chi connectivity index (χ3v) is 3.93. The van der Waals surface area contributed by atoms with Gasteiger partial charge >= 0.3 is 11.9 Å². The SMILES string of the molecule is CCCCCOC(=O)C1=CCCCC1C(=O)OCCCCC. The number of esters is 2. The van der Waals surface area contributed by atoms with Crippen LogP contribution in [-0.4, -0.2) is 25.2 Å². The molecule has 1 rings (SSSR count). The lowest BCUT2D eigenvalue weighted by molar-refractivity contribution is -0.151. The van der Waals surface area contributed by atoms with Gasteiger partial charge in [-0.05, 0) is 32.1 Å². The number of allylic oxidation sites excluding steroid dienone is 1. The van der Waals surface area contributed by atoms with E-state index in [-0.39, 0.29) is 11.9 Å². The molecule has 4 nitrogen and oxygen atoms in total. The van der Waals surface area contributed by atoms with Gasteiger partial charge in [0.15, 0.2) is 0 Å². The monoisotopic (exact) mass is 310 g/mol. The summed E-state index contributed by atoms with van der Waals surface area (Å²) in [5.41, 5.74) is 0.503. The second kappa shape index (κ2) is 11.3. The molecule has 1 aliphatic carbocycles. The molecule has 0 saturated carbocycles. The number of carbonyl (C=O) groups excluding carboxylic acids is 2. The van der Waals surface area contributed by atoms with Gasteiger partial charge in [-0.3, -0.25) is 4.79 Å². The molecule has 0 amide bonds. The molecule has 0 saturated heterocycles. The van der Waals surface area contributed by atoms with Crippen LogP contribution >= 0.6 is 0 Å². The molecule has 0 aromatic carbocycles. The van der Waals surface area contributed by atoms with Gasteiger partial charge in [-0.2, -0.15) is 0 Å². The Balaban J connectivity index is 2.46. The molecule has 0 bridgehead atoms. The number of hydrogen-bond donors (Lipinski definition) is 0. The van der Waals surface area contributed by atoms with Gasteiger partial charge in [-0.25, -0.2) is 4.79 Å². The van der Waals surface area contributed by atoms with Gasteiger partial charge in [0.2, 0.25) is 0 Å². The zero-order valence-electron chi connectivity index (χ0n) is 14.1. The Hall–Kier alpha value is -1.32. The molecule has 126 valence electrons. The average Bonchev–Trinajstić information content (AvgIpc) is 2.55. The largest absolute Gasteiger partial charge is 0.465 e. The summed E-state index contributed by atoms with van der Waals surface area (Å²) in [6.07, 6.45) is 10.3. The number of carbonyl (C=O) groups is 2. The summed E-state index contributed by atoms with van der Waals surface area (Å²) in [5.74, 6) is -1.05. The van der Waals surface area contributed by atoms with Crippen molar-refractivity contribution in [3.63, 3.8) is 0 Å². The highest BCUT2D eigenvalue weighted by atomic mass is 16.5. The van der Waals surface area contributed by atoms with Crippen molar-refractivity contribution >= 4 is 11.9 Å². The summed E-state index contributed by atoms with van der Waals surface area (Å²) in [4.78, 5) is 24.3. The van der Waals surface area contributed by atoms with Crippen molar-refractivity contribution in [2.75, 3.05) is 13.2 Å². The highest BCUT2D eigenvalue weighted by Gasteiger charge is 2.31. The van der Waals surface area contributed by atoms with E-state index < -0.39 is 5.92 Å². The second-order valence-electron chi connectivity index (χ2n) is 5.86. The van der Waals surface area contributed by atoms with Gasteiger partial charge in [-0.15, -0.1) is 0 Å². The minimum absolute atomic E-state index is 0.271. The van der Waals surface area contributed by atoms with E-state index in [0.29, 0.717) is 25.2 Å². The summed E-state index contributed by atoms with van der Waals surface area (Å²) < 4.78 is 10.6. The van der Waals surface area contributed by atoms with Gasteiger partial charge in [-0.1, -0.05) is 45.6 Å². The molecule has 0 aliphatic heterocycles. The van der Waals surface area contributed by atoms with E-state index in [9.17, 15) is 9.59 Å². The van der Waals surface area contributed by atoms with Crippen LogP contribution in [0.25, 0.3) is 0 Å². The molecule has 1 atom stereocenters. The molecule has 0 aromatic heterocycles. The fourth-order valence-corrected chi connectivity index (χ4v) is 2.57. The van der Waals surface area contributed by atoms with Crippen LogP contribution in [0.15, 0.2) is 11.6 Å². The maximum absolute atomic E-state index is 12.2. The number of hydrogen-bond acceptors (Lipinski definition) is 4. The van der Waals surface area contributed by atoms with Crippen molar-refractivity contribution < 1.29 is 19.1 Å². The van der Waals surface area contributed by atoms with Crippen LogP contribution in [0.2, 0.25) is 0 Å². The van der Waals surface area contributed by atoms with Crippen LogP contribution in [0.5, 0.6) is 0 Å². The fraction of sp³-hybridized carbons (Fsp3) is 0.778. The Labute approximate surface area is 134 Å². The van der Waals surface area contributed by atoms with Gasteiger partial charge in [0.25, 0.3) is 0 Å². The summed E-state index contributed by atoms with van der Waals surface area (Å²) in [7, 11) is 0. The Kier molecular flexibility index (Phi) is 9.60. The summed E-state index contributed by atoms with van der Waals surface area (Å²) >= 11 is 0. The standard InChI is InChI=1S/C18H30O4/c1-3-5-9-13-21-17(19)15-11-7-8-12-16(15)18(20)22-14-10-6-4-2/h11,16H,3-10,12-14H2,1-2H3. The zero-order valence-corrected chi connectivity index (χ0v) is 14.1. The minimum Gasteiger partial charge on any atom is -0.465 e. The Morgan fingerprint density at radius 3 is 2.32 bits per heavy atom. The summed E-state index contributed by atoms with van der Waals surface area (Å²) in [6.45, 7) is 5.10. The van der Waals surface area contributed by atoms with E-state index in [1.165, 1.54) is 0 Å². The lowest BCUT2D eigenvalue weighted by atomic mass is 9.87. The molecule has 22 heavy (non-hydrogen) atoms. The van der Waals surface area contributed by atoms with E-state index in [2.05, 4.69) is 13.8 Å². The maximum atomic E-state index is 12.2. The van der Waals surface area contributed by atoms with Gasteiger partial charge in [0.05, 0.1) is 19.1 Å². The Morgan fingerprint density at radius 1 is 1.05 bits per heavy atom. The number of rotatable bonds is 10. The molecule has 0 spiro atoms. The van der Waals surface area contributed by atoms with E-state index in [0.717, 1.165) is 51.4 Å². The third-order valence-electron chi connectivity index (χ3n) is 3.93. The normalized spacial score (nSPS) is 17.7. The second-order valence-corrected chi connectivity index (χ2v) is 5.86. The first-order valence-corrected chi connectivity index (χ1v) is 8.74. The molecule has 4 heteroatoms. The maximum Gasteiger partial charge on any atom is 0.334 e. The first kappa shape index (κ1) is 18.7. The van der Waals surface area contributed by atoms with Crippen LogP contribution in [0.1, 0.15) is 71.6 Å². The average molecular weight is 310 g/mol. The molecule has 0 fully saturated rings. The van der Waals surface area contributed by atoms with Crippen LogP contribution < -0.4 is 0 Å². The van der Waals surface area contributed by atoms with Crippen molar-refractivity contribution in [3.05, 3.63) is 11.6 Å². The fourth-order valence-electron chi connectivity index (χ4n) is 2.57. The first-order valence-electron chi connectivity index (χ1n) is 8.74. The minimum atomic E-state index is -0.436. The summed E-state index contributed by atoms with van der Waals surface area (Å²) in [5, 5.41) is 0. The smallest absolute Gasteiger partial charge is 0.334 e. The van der Waals surface area contributed by atoms with Crippen molar-refractivity contribution in [2.45, 2.75) is 71.6 Å². The number of ether oxygens (including phenoxy) is 2. The first-order chi connectivity index (χ1) is 10.7. The van der Waals surface area contributed by atoms with Crippen LogP contribution in [0.4, 0.5) is 0 Å².